The molecule has 2 fully saturated rings. The molecule has 1 saturated heterocycles. The number of ether oxygens (including phenoxy) is 2. The van der Waals surface area contributed by atoms with Gasteiger partial charge in [-0.2, -0.15) is 0 Å². The number of hydrogen-bond acceptors (Lipinski definition) is 4. The molecule has 1 aliphatic carbocycles. The fourth-order valence-corrected chi connectivity index (χ4v) is 4.05. The van der Waals surface area contributed by atoms with Gasteiger partial charge in [0, 0.05) is 18.2 Å². The van der Waals surface area contributed by atoms with Gasteiger partial charge in [0.1, 0.15) is 0 Å². The van der Waals surface area contributed by atoms with Crippen LogP contribution in [0.1, 0.15) is 42.5 Å². The summed E-state index contributed by atoms with van der Waals surface area (Å²) in [6.45, 7) is 0.858. The molecule has 2 aliphatic rings. The van der Waals surface area contributed by atoms with Crippen LogP contribution in [-0.2, 0) is 4.79 Å². The number of amides is 2. The molecule has 2 amide bonds. The van der Waals surface area contributed by atoms with Gasteiger partial charge in [-0.15, -0.1) is 0 Å². The lowest BCUT2D eigenvalue weighted by molar-refractivity contribution is -0.131. The lowest BCUT2D eigenvalue weighted by atomic mass is 9.85. The fraction of sp³-hybridized carbons (Fsp3) is 0.579. The van der Waals surface area contributed by atoms with Gasteiger partial charge >= 0.3 is 0 Å². The van der Waals surface area contributed by atoms with E-state index in [-0.39, 0.29) is 18.4 Å². The zero-order valence-corrected chi connectivity index (χ0v) is 14.9. The zero-order valence-electron chi connectivity index (χ0n) is 14.9. The minimum absolute atomic E-state index is 0.0169. The van der Waals surface area contributed by atoms with Crippen molar-refractivity contribution in [3.63, 3.8) is 0 Å². The molecule has 6 heteroatoms. The maximum atomic E-state index is 12.5. The van der Waals surface area contributed by atoms with Gasteiger partial charge in [0.2, 0.25) is 5.91 Å². The van der Waals surface area contributed by atoms with E-state index in [0.717, 1.165) is 19.4 Å². The number of hydrogen-bond donors (Lipinski definition) is 1. The summed E-state index contributed by atoms with van der Waals surface area (Å²) in [4.78, 5) is 26.8. The largest absolute Gasteiger partial charge is 0.493 e. The smallest absolute Gasteiger partial charge is 0.251 e. The summed E-state index contributed by atoms with van der Waals surface area (Å²) in [6, 6.07) is 5.34. The number of fused-ring (bicyclic) bond motifs is 1. The number of benzene rings is 1. The van der Waals surface area contributed by atoms with Crippen molar-refractivity contribution in [2.45, 2.75) is 38.1 Å². The minimum Gasteiger partial charge on any atom is -0.493 e. The quantitative estimate of drug-likeness (QED) is 0.888. The third-order valence-electron chi connectivity index (χ3n) is 5.38. The van der Waals surface area contributed by atoms with Crippen molar-refractivity contribution in [2.24, 2.45) is 5.92 Å². The highest BCUT2D eigenvalue weighted by atomic mass is 16.5. The fourth-order valence-electron chi connectivity index (χ4n) is 4.05. The second kappa shape index (κ2) is 7.76. The molecule has 6 nitrogen and oxygen atoms in total. The summed E-state index contributed by atoms with van der Waals surface area (Å²) in [6.07, 6.45) is 5.90. The first kappa shape index (κ1) is 17.6. The van der Waals surface area contributed by atoms with Crippen LogP contribution in [-0.4, -0.2) is 50.1 Å². The molecule has 3 rings (SSSR count). The van der Waals surface area contributed by atoms with E-state index >= 15 is 0 Å². The van der Waals surface area contributed by atoms with Crippen LogP contribution in [0.3, 0.4) is 0 Å². The Morgan fingerprint density at radius 1 is 1.12 bits per heavy atom. The van der Waals surface area contributed by atoms with Gasteiger partial charge in [-0.05, 0) is 43.4 Å². The average Bonchev–Trinajstić information content (AvgIpc) is 3.09. The summed E-state index contributed by atoms with van der Waals surface area (Å²) in [5, 5.41) is 2.73. The summed E-state index contributed by atoms with van der Waals surface area (Å²) >= 11 is 0. The van der Waals surface area contributed by atoms with E-state index in [1.54, 1.807) is 25.3 Å². The Morgan fingerprint density at radius 3 is 2.64 bits per heavy atom. The van der Waals surface area contributed by atoms with Crippen molar-refractivity contribution >= 4 is 11.8 Å². The molecule has 1 aromatic rings. The molecule has 0 aromatic heterocycles. The molecular weight excluding hydrogens is 320 g/mol. The molecule has 1 aromatic carbocycles. The van der Waals surface area contributed by atoms with E-state index in [1.807, 2.05) is 4.90 Å². The molecule has 1 aliphatic heterocycles. The molecule has 1 saturated carbocycles. The van der Waals surface area contributed by atoms with Crippen LogP contribution in [0.2, 0.25) is 0 Å². The number of methoxy groups -OCH3 is 2. The molecule has 1 N–H and O–H groups in total. The Balaban J connectivity index is 1.58. The molecule has 1 heterocycles. The van der Waals surface area contributed by atoms with Gasteiger partial charge in [-0.25, -0.2) is 0 Å². The van der Waals surface area contributed by atoms with Crippen molar-refractivity contribution in [1.29, 1.82) is 0 Å². The van der Waals surface area contributed by atoms with E-state index in [1.165, 1.54) is 26.4 Å². The molecule has 2 atom stereocenters. The highest BCUT2D eigenvalue weighted by Gasteiger charge is 2.37. The summed E-state index contributed by atoms with van der Waals surface area (Å²) in [7, 11) is 3.07. The van der Waals surface area contributed by atoms with Gasteiger partial charge in [0.25, 0.3) is 5.91 Å². The van der Waals surface area contributed by atoms with Gasteiger partial charge in [0.15, 0.2) is 11.5 Å². The number of rotatable bonds is 5. The molecule has 136 valence electrons. The van der Waals surface area contributed by atoms with Crippen molar-refractivity contribution in [3.8, 4) is 11.5 Å². The molecule has 0 spiro atoms. The second-order valence-electron chi connectivity index (χ2n) is 6.74. The lowest BCUT2D eigenvalue weighted by Gasteiger charge is -2.31. The summed E-state index contributed by atoms with van der Waals surface area (Å²) in [5.74, 6) is 1.44. The lowest BCUT2D eigenvalue weighted by Crippen LogP contribution is -2.44. The van der Waals surface area contributed by atoms with E-state index in [9.17, 15) is 9.59 Å². The van der Waals surface area contributed by atoms with Gasteiger partial charge in [-0.3, -0.25) is 9.59 Å². The van der Waals surface area contributed by atoms with Crippen LogP contribution in [0.25, 0.3) is 0 Å². The highest BCUT2D eigenvalue weighted by Crippen LogP contribution is 2.36. The van der Waals surface area contributed by atoms with Crippen molar-refractivity contribution < 1.29 is 19.1 Å². The molecule has 2 unspecified atom stereocenters. The Bertz CT molecular complexity index is 646. The van der Waals surface area contributed by atoms with Crippen LogP contribution in [0.5, 0.6) is 11.5 Å². The number of carbonyl (C=O) groups excluding carboxylic acids is 2. The molecule has 0 radical (unpaired) electrons. The monoisotopic (exact) mass is 346 g/mol. The number of nitrogens with one attached hydrogen (secondary N) is 1. The number of likely N-dealkylation sites (tertiary alicyclic amines) is 1. The summed E-state index contributed by atoms with van der Waals surface area (Å²) in [5.41, 5.74) is 0.447. The van der Waals surface area contributed by atoms with E-state index in [2.05, 4.69) is 5.32 Å². The molecule has 0 bridgehead atoms. The Morgan fingerprint density at radius 2 is 1.88 bits per heavy atom. The molecular formula is C19H26N2O4. The maximum Gasteiger partial charge on any atom is 0.251 e. The van der Waals surface area contributed by atoms with Crippen LogP contribution in [0.4, 0.5) is 0 Å². The minimum atomic E-state index is -0.284. The maximum absolute atomic E-state index is 12.5. The highest BCUT2D eigenvalue weighted by molar-refractivity contribution is 5.97. The van der Waals surface area contributed by atoms with Crippen molar-refractivity contribution in [3.05, 3.63) is 23.8 Å². The Labute approximate surface area is 148 Å². The third-order valence-corrected chi connectivity index (χ3v) is 5.38. The second-order valence-corrected chi connectivity index (χ2v) is 6.74. The Kier molecular flexibility index (Phi) is 5.46. The number of carbonyl (C=O) groups is 2. The van der Waals surface area contributed by atoms with Gasteiger partial charge in [0.05, 0.1) is 20.8 Å². The van der Waals surface area contributed by atoms with Gasteiger partial charge < -0.3 is 19.7 Å². The predicted octanol–water partition coefficient (Wildman–Crippen LogP) is 2.22. The SMILES string of the molecule is COc1ccc(C(=O)NCC(=O)N2CCC3CCCCC32)cc1OC. The van der Waals surface area contributed by atoms with E-state index < -0.39 is 0 Å². The van der Waals surface area contributed by atoms with Crippen molar-refractivity contribution in [1.82, 2.24) is 10.2 Å². The third kappa shape index (κ3) is 3.72. The summed E-state index contributed by atoms with van der Waals surface area (Å²) < 4.78 is 10.4. The Hall–Kier alpha value is -2.24. The van der Waals surface area contributed by atoms with Crippen LogP contribution in [0, 0.1) is 5.92 Å². The number of nitrogens with zero attached hydrogens (tertiary/aromatic N) is 1. The van der Waals surface area contributed by atoms with Gasteiger partial charge in [-0.1, -0.05) is 12.8 Å². The van der Waals surface area contributed by atoms with Crippen LogP contribution in [0.15, 0.2) is 18.2 Å². The van der Waals surface area contributed by atoms with E-state index in [4.69, 9.17) is 9.47 Å². The first-order chi connectivity index (χ1) is 12.1. The van der Waals surface area contributed by atoms with Crippen LogP contribution < -0.4 is 14.8 Å². The van der Waals surface area contributed by atoms with E-state index in [0.29, 0.717) is 29.0 Å². The normalized spacial score (nSPS) is 22.2. The van der Waals surface area contributed by atoms with Crippen LogP contribution >= 0.6 is 0 Å². The predicted molar refractivity (Wildman–Crippen MR) is 94.0 cm³/mol. The zero-order chi connectivity index (χ0) is 17.8. The standard InChI is InChI=1S/C19H26N2O4/c1-24-16-8-7-14(11-17(16)25-2)19(23)20-12-18(22)21-10-9-13-5-3-4-6-15(13)21/h7-8,11,13,15H,3-6,9-10,12H2,1-2H3,(H,20,23). The van der Waals surface area contributed by atoms with Crippen molar-refractivity contribution in [2.75, 3.05) is 27.3 Å². The first-order valence-corrected chi connectivity index (χ1v) is 8.93. The average molecular weight is 346 g/mol. The molecule has 25 heavy (non-hydrogen) atoms. The topological polar surface area (TPSA) is 67.9 Å². The first-order valence-electron chi connectivity index (χ1n) is 8.93.